The second kappa shape index (κ2) is 11.0. The van der Waals surface area contributed by atoms with Gasteiger partial charge in [0.05, 0.1) is 11.5 Å². The van der Waals surface area contributed by atoms with Crippen LogP contribution in [0.4, 0.5) is 0 Å². The molecule has 0 heterocycles. The van der Waals surface area contributed by atoms with Gasteiger partial charge in [-0.3, -0.25) is 9.59 Å². The van der Waals surface area contributed by atoms with Crippen molar-refractivity contribution >= 4 is 21.8 Å². The number of amides is 2. The molecule has 0 saturated heterocycles. The van der Waals surface area contributed by atoms with Crippen LogP contribution in [-0.4, -0.2) is 46.5 Å². The highest BCUT2D eigenvalue weighted by Crippen LogP contribution is 2.24. The lowest BCUT2D eigenvalue weighted by molar-refractivity contribution is -0.125. The molecule has 0 unspecified atom stereocenters. The summed E-state index contributed by atoms with van der Waals surface area (Å²) in [6, 6.07) is 6.09. The maximum absolute atomic E-state index is 12.2. The molecule has 0 aromatic heterocycles. The van der Waals surface area contributed by atoms with E-state index in [0.29, 0.717) is 25.4 Å². The highest BCUT2D eigenvalue weighted by atomic mass is 32.2. The largest absolute Gasteiger partial charge is 0.494 e. The predicted octanol–water partition coefficient (Wildman–Crippen LogP) is 1.18. The van der Waals surface area contributed by atoms with Crippen molar-refractivity contribution in [2.75, 3.05) is 26.2 Å². The van der Waals surface area contributed by atoms with Gasteiger partial charge in [0.15, 0.2) is 0 Å². The number of sulfonamides is 1. The molecule has 1 fully saturated rings. The molecule has 3 N–H and O–H groups in total. The molecule has 156 valence electrons. The Balaban J connectivity index is 1.63. The minimum atomic E-state index is -3.68. The molecule has 0 aliphatic heterocycles. The van der Waals surface area contributed by atoms with Gasteiger partial charge in [-0.05, 0) is 44.0 Å². The summed E-state index contributed by atoms with van der Waals surface area (Å²) in [5, 5.41) is 5.49. The lowest BCUT2D eigenvalue weighted by Gasteiger charge is -2.11. The third kappa shape index (κ3) is 7.12. The molecule has 1 saturated carbocycles. The van der Waals surface area contributed by atoms with Crippen LogP contribution >= 0.6 is 0 Å². The molecular formula is C19H29N3O5S. The van der Waals surface area contributed by atoms with Gasteiger partial charge in [0.2, 0.25) is 21.8 Å². The van der Waals surface area contributed by atoms with Crippen molar-refractivity contribution in [1.29, 1.82) is 0 Å². The van der Waals surface area contributed by atoms with Crippen LogP contribution in [0, 0.1) is 5.92 Å². The molecule has 1 aliphatic rings. The van der Waals surface area contributed by atoms with Crippen LogP contribution in [0.3, 0.4) is 0 Å². The fourth-order valence-corrected chi connectivity index (χ4v) is 4.10. The Bertz CT molecular complexity index is 743. The van der Waals surface area contributed by atoms with Crippen LogP contribution in [0.2, 0.25) is 0 Å². The number of carbonyl (C=O) groups is 2. The zero-order chi connectivity index (χ0) is 20.4. The molecule has 0 atom stereocenters. The lowest BCUT2D eigenvalue weighted by atomic mass is 10.1. The Morgan fingerprint density at radius 2 is 1.68 bits per heavy atom. The van der Waals surface area contributed by atoms with Crippen LogP contribution in [0.5, 0.6) is 5.75 Å². The quantitative estimate of drug-likeness (QED) is 0.473. The summed E-state index contributed by atoms with van der Waals surface area (Å²) in [4.78, 5) is 23.8. The maximum Gasteiger partial charge on any atom is 0.240 e. The van der Waals surface area contributed by atoms with E-state index in [0.717, 1.165) is 25.7 Å². The number of benzene rings is 1. The second-order valence-electron chi connectivity index (χ2n) is 6.67. The zero-order valence-corrected chi connectivity index (χ0v) is 17.0. The fourth-order valence-electron chi connectivity index (χ4n) is 3.07. The molecule has 1 aliphatic carbocycles. The number of nitrogens with one attached hydrogen (secondary N) is 3. The first kappa shape index (κ1) is 22.2. The van der Waals surface area contributed by atoms with E-state index in [9.17, 15) is 18.0 Å². The van der Waals surface area contributed by atoms with Crippen molar-refractivity contribution < 1.29 is 22.7 Å². The standard InChI is InChI=1S/C19H29N3O5S/c1-2-27-16-7-9-17(10-8-16)28(25,26)22-12-11-18(23)20-13-14-21-19(24)15-5-3-4-6-15/h7-10,15,22H,2-6,11-14H2,1H3,(H,20,23)(H,21,24). The first-order chi connectivity index (χ1) is 13.4. The first-order valence-corrected chi connectivity index (χ1v) is 11.2. The normalized spacial score (nSPS) is 14.6. The van der Waals surface area contributed by atoms with Crippen LogP contribution in [0.15, 0.2) is 29.2 Å². The number of hydrogen-bond acceptors (Lipinski definition) is 5. The van der Waals surface area contributed by atoms with E-state index in [4.69, 9.17) is 4.74 Å². The van der Waals surface area contributed by atoms with Gasteiger partial charge in [0.25, 0.3) is 0 Å². The summed E-state index contributed by atoms with van der Waals surface area (Å²) in [5.74, 6) is 0.480. The molecule has 0 radical (unpaired) electrons. The van der Waals surface area contributed by atoms with Crippen LogP contribution in [0.1, 0.15) is 39.0 Å². The lowest BCUT2D eigenvalue weighted by Crippen LogP contribution is -2.38. The third-order valence-electron chi connectivity index (χ3n) is 4.56. The van der Waals surface area contributed by atoms with Crippen LogP contribution < -0.4 is 20.1 Å². The monoisotopic (exact) mass is 411 g/mol. The molecule has 0 spiro atoms. The molecule has 1 aromatic carbocycles. The van der Waals surface area contributed by atoms with Crippen molar-refractivity contribution in [3.05, 3.63) is 24.3 Å². The average molecular weight is 412 g/mol. The molecule has 1 aromatic rings. The first-order valence-electron chi connectivity index (χ1n) is 9.69. The van der Waals surface area contributed by atoms with Gasteiger partial charge in [-0.2, -0.15) is 0 Å². The molecule has 2 rings (SSSR count). The Morgan fingerprint density at radius 1 is 1.04 bits per heavy atom. The Labute approximate surface area is 166 Å². The van der Waals surface area contributed by atoms with Gasteiger partial charge in [-0.1, -0.05) is 12.8 Å². The van der Waals surface area contributed by atoms with E-state index in [1.807, 2.05) is 6.92 Å². The molecule has 2 amide bonds. The van der Waals surface area contributed by atoms with Crippen molar-refractivity contribution in [3.63, 3.8) is 0 Å². The topological polar surface area (TPSA) is 114 Å². The summed E-state index contributed by atoms with van der Waals surface area (Å²) >= 11 is 0. The number of carbonyl (C=O) groups excluding carboxylic acids is 2. The van der Waals surface area contributed by atoms with Crippen molar-refractivity contribution in [2.45, 2.75) is 43.9 Å². The van der Waals surface area contributed by atoms with Gasteiger partial charge in [-0.15, -0.1) is 0 Å². The summed E-state index contributed by atoms with van der Waals surface area (Å²) in [6.45, 7) is 3.04. The number of ether oxygens (including phenoxy) is 1. The zero-order valence-electron chi connectivity index (χ0n) is 16.2. The Hall–Kier alpha value is -2.13. The number of rotatable bonds is 11. The third-order valence-corrected chi connectivity index (χ3v) is 6.04. The van der Waals surface area contributed by atoms with E-state index >= 15 is 0 Å². The van der Waals surface area contributed by atoms with E-state index in [1.54, 1.807) is 12.1 Å². The van der Waals surface area contributed by atoms with Gasteiger partial charge in [0.1, 0.15) is 5.75 Å². The van der Waals surface area contributed by atoms with Crippen molar-refractivity contribution in [1.82, 2.24) is 15.4 Å². The van der Waals surface area contributed by atoms with E-state index < -0.39 is 10.0 Å². The van der Waals surface area contributed by atoms with Gasteiger partial charge >= 0.3 is 0 Å². The summed E-state index contributed by atoms with van der Waals surface area (Å²) < 4.78 is 32.1. The van der Waals surface area contributed by atoms with E-state index in [2.05, 4.69) is 15.4 Å². The van der Waals surface area contributed by atoms with Gasteiger partial charge < -0.3 is 15.4 Å². The molecule has 8 nitrogen and oxygen atoms in total. The van der Waals surface area contributed by atoms with Crippen molar-refractivity contribution in [2.24, 2.45) is 5.92 Å². The van der Waals surface area contributed by atoms with Gasteiger partial charge in [0, 0.05) is 32.0 Å². The predicted molar refractivity (Wildman–Crippen MR) is 105 cm³/mol. The average Bonchev–Trinajstić information content (AvgIpc) is 3.20. The highest BCUT2D eigenvalue weighted by Gasteiger charge is 2.22. The summed E-state index contributed by atoms with van der Waals surface area (Å²) in [6.07, 6.45) is 4.09. The highest BCUT2D eigenvalue weighted by molar-refractivity contribution is 7.89. The summed E-state index contributed by atoms with van der Waals surface area (Å²) in [7, 11) is -3.68. The minimum absolute atomic E-state index is 0.00416. The molecule has 28 heavy (non-hydrogen) atoms. The molecule has 0 bridgehead atoms. The van der Waals surface area contributed by atoms with E-state index in [1.165, 1.54) is 12.1 Å². The Kier molecular flexibility index (Phi) is 8.72. The van der Waals surface area contributed by atoms with Crippen molar-refractivity contribution in [3.8, 4) is 5.75 Å². The Morgan fingerprint density at radius 3 is 2.32 bits per heavy atom. The summed E-state index contributed by atoms with van der Waals surface area (Å²) in [5.41, 5.74) is 0. The van der Waals surface area contributed by atoms with Crippen LogP contribution in [0.25, 0.3) is 0 Å². The second-order valence-corrected chi connectivity index (χ2v) is 8.44. The fraction of sp³-hybridized carbons (Fsp3) is 0.579. The SMILES string of the molecule is CCOc1ccc(S(=O)(=O)NCCC(=O)NCCNC(=O)C2CCCC2)cc1. The minimum Gasteiger partial charge on any atom is -0.494 e. The smallest absolute Gasteiger partial charge is 0.240 e. The van der Waals surface area contributed by atoms with Gasteiger partial charge in [-0.25, -0.2) is 13.1 Å². The van der Waals surface area contributed by atoms with E-state index in [-0.39, 0.29) is 35.6 Å². The molecule has 9 heteroatoms. The molecular weight excluding hydrogens is 382 g/mol. The number of hydrogen-bond donors (Lipinski definition) is 3. The van der Waals surface area contributed by atoms with Crippen LogP contribution in [-0.2, 0) is 19.6 Å². The maximum atomic E-state index is 12.2.